The fraction of sp³-hybridized carbons (Fsp3) is 0.938. The van der Waals surface area contributed by atoms with Gasteiger partial charge in [0, 0.05) is 25.7 Å². The van der Waals surface area contributed by atoms with Gasteiger partial charge in [-0.1, -0.05) is 0 Å². The zero-order chi connectivity index (χ0) is 15.7. The maximum atomic E-state index is 12.3. The minimum absolute atomic E-state index is 0.125. The van der Waals surface area contributed by atoms with Crippen LogP contribution < -0.4 is 5.32 Å². The van der Waals surface area contributed by atoms with E-state index in [2.05, 4.69) is 10.2 Å². The van der Waals surface area contributed by atoms with Gasteiger partial charge in [0.15, 0.2) is 0 Å². The second kappa shape index (κ2) is 6.23. The molecule has 0 aromatic rings. The van der Waals surface area contributed by atoms with Gasteiger partial charge < -0.3 is 14.8 Å². The standard InChI is InChI=1S/C16H30N2O3/c1-15(2,3)21-14(19)16(4,5)11-18-8-6-12-13(10-18)20-9-7-17-12/h12-13,17H,6-11H2,1-5H3/t12-,13+/m0/s1. The lowest BCUT2D eigenvalue weighted by Crippen LogP contribution is -2.59. The molecule has 2 saturated heterocycles. The maximum Gasteiger partial charge on any atom is 0.313 e. The van der Waals surface area contributed by atoms with Crippen molar-refractivity contribution in [2.24, 2.45) is 5.41 Å². The molecule has 5 nitrogen and oxygen atoms in total. The molecule has 2 fully saturated rings. The Morgan fingerprint density at radius 2 is 2.05 bits per heavy atom. The van der Waals surface area contributed by atoms with Gasteiger partial charge in [-0.25, -0.2) is 0 Å². The number of hydrogen-bond acceptors (Lipinski definition) is 5. The van der Waals surface area contributed by atoms with Crippen LogP contribution >= 0.6 is 0 Å². The molecule has 0 aromatic heterocycles. The minimum atomic E-state index is -0.498. The molecule has 2 rings (SSSR count). The summed E-state index contributed by atoms with van der Waals surface area (Å²) in [5.74, 6) is -0.125. The van der Waals surface area contributed by atoms with Crippen molar-refractivity contribution in [1.29, 1.82) is 0 Å². The van der Waals surface area contributed by atoms with Crippen LogP contribution in [-0.2, 0) is 14.3 Å². The van der Waals surface area contributed by atoms with Gasteiger partial charge >= 0.3 is 5.97 Å². The van der Waals surface area contributed by atoms with Gasteiger partial charge in [-0.2, -0.15) is 0 Å². The van der Waals surface area contributed by atoms with E-state index in [-0.39, 0.29) is 12.1 Å². The van der Waals surface area contributed by atoms with Crippen LogP contribution in [0.2, 0.25) is 0 Å². The number of ether oxygens (including phenoxy) is 2. The van der Waals surface area contributed by atoms with Crippen molar-refractivity contribution in [3.63, 3.8) is 0 Å². The zero-order valence-electron chi connectivity index (χ0n) is 14.1. The van der Waals surface area contributed by atoms with Crippen LogP contribution in [0.15, 0.2) is 0 Å². The Labute approximate surface area is 128 Å². The van der Waals surface area contributed by atoms with Crippen molar-refractivity contribution in [1.82, 2.24) is 10.2 Å². The molecule has 0 saturated carbocycles. The summed E-state index contributed by atoms with van der Waals surface area (Å²) >= 11 is 0. The van der Waals surface area contributed by atoms with Gasteiger partial charge in [-0.15, -0.1) is 0 Å². The van der Waals surface area contributed by atoms with Gasteiger partial charge in [-0.05, 0) is 47.6 Å². The van der Waals surface area contributed by atoms with Crippen LogP contribution in [0.25, 0.3) is 0 Å². The van der Waals surface area contributed by atoms with E-state index < -0.39 is 11.0 Å². The third kappa shape index (κ3) is 4.66. The molecule has 1 N–H and O–H groups in total. The van der Waals surface area contributed by atoms with Gasteiger partial charge in [0.2, 0.25) is 0 Å². The highest BCUT2D eigenvalue weighted by Gasteiger charge is 2.38. The molecule has 122 valence electrons. The van der Waals surface area contributed by atoms with Crippen molar-refractivity contribution in [3.8, 4) is 0 Å². The number of carbonyl (C=O) groups excluding carboxylic acids is 1. The van der Waals surface area contributed by atoms with Crippen LogP contribution in [0.1, 0.15) is 41.0 Å². The topological polar surface area (TPSA) is 50.8 Å². The van der Waals surface area contributed by atoms with E-state index in [1.807, 2.05) is 34.6 Å². The van der Waals surface area contributed by atoms with E-state index >= 15 is 0 Å². The summed E-state index contributed by atoms with van der Waals surface area (Å²) in [5.41, 5.74) is -0.931. The van der Waals surface area contributed by atoms with Crippen molar-refractivity contribution in [2.75, 3.05) is 32.8 Å². The molecular formula is C16H30N2O3. The first kappa shape index (κ1) is 16.7. The highest BCUT2D eigenvalue weighted by molar-refractivity contribution is 5.76. The van der Waals surface area contributed by atoms with Gasteiger partial charge in [0.05, 0.1) is 18.1 Å². The monoisotopic (exact) mass is 298 g/mol. The van der Waals surface area contributed by atoms with Crippen LogP contribution in [-0.4, -0.2) is 61.4 Å². The molecule has 21 heavy (non-hydrogen) atoms. The molecular weight excluding hydrogens is 268 g/mol. The molecule has 0 bridgehead atoms. The average molecular weight is 298 g/mol. The normalized spacial score (nSPS) is 28.0. The number of carbonyl (C=O) groups is 1. The summed E-state index contributed by atoms with van der Waals surface area (Å²) in [5, 5.41) is 3.51. The van der Waals surface area contributed by atoms with Crippen molar-refractivity contribution < 1.29 is 14.3 Å². The number of fused-ring (bicyclic) bond motifs is 1. The molecule has 2 heterocycles. The van der Waals surface area contributed by atoms with E-state index in [0.29, 0.717) is 12.6 Å². The van der Waals surface area contributed by atoms with Gasteiger partial charge in [-0.3, -0.25) is 9.69 Å². The number of nitrogens with one attached hydrogen (secondary N) is 1. The molecule has 2 aliphatic rings. The number of esters is 1. The Morgan fingerprint density at radius 3 is 2.71 bits per heavy atom. The van der Waals surface area contributed by atoms with Crippen molar-refractivity contribution >= 4 is 5.97 Å². The summed E-state index contributed by atoms with van der Waals surface area (Å²) in [6, 6.07) is 0.472. The Bertz CT molecular complexity index is 376. The lowest BCUT2D eigenvalue weighted by molar-refractivity contribution is -0.167. The number of morpholine rings is 1. The first-order valence-electron chi connectivity index (χ1n) is 7.98. The van der Waals surface area contributed by atoms with Gasteiger partial charge in [0.25, 0.3) is 0 Å². The SMILES string of the molecule is CC(C)(C)OC(=O)C(C)(C)CN1CC[C@@H]2NCCO[C@@H]2C1. The fourth-order valence-electron chi connectivity index (χ4n) is 3.02. The Hall–Kier alpha value is -0.650. The number of hydrogen-bond donors (Lipinski definition) is 1. The molecule has 0 aliphatic carbocycles. The number of rotatable bonds is 3. The highest BCUT2D eigenvalue weighted by atomic mass is 16.6. The molecule has 0 unspecified atom stereocenters. The predicted molar refractivity (Wildman–Crippen MR) is 82.2 cm³/mol. The van der Waals surface area contributed by atoms with Crippen molar-refractivity contribution in [3.05, 3.63) is 0 Å². The summed E-state index contributed by atoms with van der Waals surface area (Å²) < 4.78 is 11.4. The molecule has 5 heteroatoms. The number of piperidine rings is 1. The van der Waals surface area contributed by atoms with E-state index in [1.54, 1.807) is 0 Å². The maximum absolute atomic E-state index is 12.3. The lowest BCUT2D eigenvalue weighted by Gasteiger charge is -2.43. The van der Waals surface area contributed by atoms with E-state index in [1.165, 1.54) is 0 Å². The second-order valence-corrected chi connectivity index (χ2v) is 7.88. The van der Waals surface area contributed by atoms with Crippen LogP contribution in [0.5, 0.6) is 0 Å². The fourth-order valence-corrected chi connectivity index (χ4v) is 3.02. The summed E-state index contributed by atoms with van der Waals surface area (Å²) in [7, 11) is 0. The molecule has 2 aliphatic heterocycles. The summed E-state index contributed by atoms with van der Waals surface area (Å²) in [4.78, 5) is 14.7. The first-order chi connectivity index (χ1) is 9.67. The number of nitrogens with zero attached hydrogens (tertiary/aromatic N) is 1. The Morgan fingerprint density at radius 1 is 1.33 bits per heavy atom. The third-order valence-corrected chi connectivity index (χ3v) is 4.05. The molecule has 0 aromatic carbocycles. The second-order valence-electron chi connectivity index (χ2n) is 7.88. The average Bonchev–Trinajstić information content (AvgIpc) is 2.36. The lowest BCUT2D eigenvalue weighted by atomic mass is 9.90. The minimum Gasteiger partial charge on any atom is -0.460 e. The van der Waals surface area contributed by atoms with E-state index in [4.69, 9.17) is 9.47 Å². The van der Waals surface area contributed by atoms with E-state index in [0.717, 1.165) is 32.7 Å². The quantitative estimate of drug-likeness (QED) is 0.799. The van der Waals surface area contributed by atoms with E-state index in [9.17, 15) is 4.79 Å². The largest absolute Gasteiger partial charge is 0.460 e. The Balaban J connectivity index is 1.89. The molecule has 0 radical (unpaired) electrons. The van der Waals surface area contributed by atoms with Crippen LogP contribution in [0.4, 0.5) is 0 Å². The number of likely N-dealkylation sites (tertiary alicyclic amines) is 1. The van der Waals surface area contributed by atoms with Crippen molar-refractivity contribution in [2.45, 2.75) is 58.8 Å². The predicted octanol–water partition coefficient (Wildman–Crippen LogP) is 1.42. The molecule has 2 atom stereocenters. The van der Waals surface area contributed by atoms with Crippen LogP contribution in [0, 0.1) is 5.41 Å². The first-order valence-corrected chi connectivity index (χ1v) is 7.98. The highest BCUT2D eigenvalue weighted by Crippen LogP contribution is 2.25. The molecule has 0 amide bonds. The third-order valence-electron chi connectivity index (χ3n) is 4.05. The van der Waals surface area contributed by atoms with Crippen LogP contribution in [0.3, 0.4) is 0 Å². The summed E-state index contributed by atoms with van der Waals surface area (Å²) in [6.07, 6.45) is 1.33. The molecule has 0 spiro atoms. The van der Waals surface area contributed by atoms with Gasteiger partial charge in [0.1, 0.15) is 5.60 Å². The zero-order valence-corrected chi connectivity index (χ0v) is 14.1. The Kier molecular flexibility index (Phi) is 4.96. The summed E-state index contributed by atoms with van der Waals surface area (Å²) in [6.45, 7) is 14.0. The smallest absolute Gasteiger partial charge is 0.313 e.